The van der Waals surface area contributed by atoms with Crippen LogP contribution in [-0.4, -0.2) is 48.6 Å². The summed E-state index contributed by atoms with van der Waals surface area (Å²) in [7, 11) is 0. The van der Waals surface area contributed by atoms with Gasteiger partial charge in [0.15, 0.2) is 0 Å². The molecule has 2 aliphatic heterocycles. The number of likely N-dealkylation sites (tertiary alicyclic amines) is 2. The van der Waals surface area contributed by atoms with Crippen LogP contribution in [0.2, 0.25) is 0 Å². The van der Waals surface area contributed by atoms with Crippen molar-refractivity contribution < 1.29 is 0 Å². The van der Waals surface area contributed by atoms with Crippen LogP contribution in [0.4, 0.5) is 0 Å². The number of piperidine rings is 2. The Morgan fingerprint density at radius 2 is 1.40 bits per heavy atom. The van der Waals surface area contributed by atoms with Crippen LogP contribution in [0.1, 0.15) is 77.6 Å². The minimum absolute atomic E-state index is 0.852. The predicted octanol–water partition coefficient (Wildman–Crippen LogP) is 4.30. The SMILES string of the molecule is CCCCCCC(CN1CCCCC1)N1CCCCC1. The van der Waals surface area contributed by atoms with E-state index in [0.29, 0.717) is 0 Å². The van der Waals surface area contributed by atoms with Crippen LogP contribution in [0.3, 0.4) is 0 Å². The second kappa shape index (κ2) is 9.78. The monoisotopic (exact) mass is 280 g/mol. The zero-order valence-corrected chi connectivity index (χ0v) is 13.8. The molecule has 2 fully saturated rings. The molecule has 0 aromatic heterocycles. The maximum absolute atomic E-state index is 2.82. The topological polar surface area (TPSA) is 6.48 Å². The largest absolute Gasteiger partial charge is 0.302 e. The van der Waals surface area contributed by atoms with Gasteiger partial charge in [0, 0.05) is 12.6 Å². The third-order valence-electron chi connectivity index (χ3n) is 5.22. The van der Waals surface area contributed by atoms with Crippen molar-refractivity contribution in [3.05, 3.63) is 0 Å². The van der Waals surface area contributed by atoms with Crippen LogP contribution < -0.4 is 0 Å². The molecule has 20 heavy (non-hydrogen) atoms. The molecular formula is C18H36N2. The minimum Gasteiger partial charge on any atom is -0.302 e. The van der Waals surface area contributed by atoms with E-state index < -0.39 is 0 Å². The number of unbranched alkanes of at least 4 members (excludes halogenated alkanes) is 3. The number of nitrogens with zero attached hydrogens (tertiary/aromatic N) is 2. The van der Waals surface area contributed by atoms with Crippen molar-refractivity contribution in [3.8, 4) is 0 Å². The van der Waals surface area contributed by atoms with Crippen LogP contribution in [0.5, 0.6) is 0 Å². The molecule has 1 atom stereocenters. The number of rotatable bonds is 8. The molecule has 0 aromatic rings. The third kappa shape index (κ3) is 5.73. The molecule has 0 amide bonds. The molecular weight excluding hydrogens is 244 g/mol. The van der Waals surface area contributed by atoms with Crippen molar-refractivity contribution >= 4 is 0 Å². The molecule has 2 heterocycles. The summed E-state index contributed by atoms with van der Waals surface area (Å²) < 4.78 is 0. The first-order valence-corrected chi connectivity index (χ1v) is 9.36. The van der Waals surface area contributed by atoms with Gasteiger partial charge in [-0.05, 0) is 58.3 Å². The lowest BCUT2D eigenvalue weighted by atomic mass is 10.0. The lowest BCUT2D eigenvalue weighted by molar-refractivity contribution is 0.101. The fourth-order valence-corrected chi connectivity index (χ4v) is 3.92. The normalized spacial score (nSPS) is 23.9. The fourth-order valence-electron chi connectivity index (χ4n) is 3.92. The van der Waals surface area contributed by atoms with E-state index in [4.69, 9.17) is 0 Å². The minimum atomic E-state index is 0.852. The number of hydrogen-bond donors (Lipinski definition) is 0. The average molecular weight is 280 g/mol. The van der Waals surface area contributed by atoms with Gasteiger partial charge in [-0.2, -0.15) is 0 Å². The summed E-state index contributed by atoms with van der Waals surface area (Å²) in [6.07, 6.45) is 15.8. The highest BCUT2D eigenvalue weighted by Crippen LogP contribution is 2.19. The zero-order chi connectivity index (χ0) is 14.0. The van der Waals surface area contributed by atoms with E-state index in [0.717, 1.165) is 6.04 Å². The van der Waals surface area contributed by atoms with Gasteiger partial charge in [-0.15, -0.1) is 0 Å². The summed E-state index contributed by atoms with van der Waals surface area (Å²) in [4.78, 5) is 5.58. The van der Waals surface area contributed by atoms with E-state index in [1.165, 1.54) is 103 Å². The Labute approximate surface area is 126 Å². The van der Waals surface area contributed by atoms with Gasteiger partial charge in [0.05, 0.1) is 0 Å². The first kappa shape index (κ1) is 16.3. The fraction of sp³-hybridized carbons (Fsp3) is 1.00. The standard InChI is InChI=1S/C18H36N2/c1-2-3-4-7-12-18(20-15-10-6-11-16-20)17-19-13-8-5-9-14-19/h18H,2-17H2,1H3. The Balaban J connectivity index is 1.77. The molecule has 0 radical (unpaired) electrons. The first-order valence-electron chi connectivity index (χ1n) is 9.36. The highest BCUT2D eigenvalue weighted by Gasteiger charge is 2.23. The van der Waals surface area contributed by atoms with Crippen LogP contribution in [-0.2, 0) is 0 Å². The highest BCUT2D eigenvalue weighted by atomic mass is 15.2. The highest BCUT2D eigenvalue weighted by molar-refractivity contribution is 4.79. The van der Waals surface area contributed by atoms with Gasteiger partial charge in [-0.1, -0.05) is 45.4 Å². The van der Waals surface area contributed by atoms with Gasteiger partial charge in [0.25, 0.3) is 0 Å². The molecule has 2 nitrogen and oxygen atoms in total. The zero-order valence-electron chi connectivity index (χ0n) is 13.8. The molecule has 2 aliphatic rings. The summed E-state index contributed by atoms with van der Waals surface area (Å²) in [5.41, 5.74) is 0. The van der Waals surface area contributed by atoms with E-state index in [1.807, 2.05) is 0 Å². The smallest absolute Gasteiger partial charge is 0.0223 e. The van der Waals surface area contributed by atoms with Gasteiger partial charge in [-0.3, -0.25) is 4.90 Å². The molecule has 0 aromatic carbocycles. The summed E-state index contributed by atoms with van der Waals surface area (Å²) in [6.45, 7) is 9.12. The Morgan fingerprint density at radius 1 is 0.750 bits per heavy atom. The van der Waals surface area contributed by atoms with Crippen LogP contribution in [0.25, 0.3) is 0 Å². The lowest BCUT2D eigenvalue weighted by Gasteiger charge is -2.39. The quantitative estimate of drug-likeness (QED) is 0.612. The van der Waals surface area contributed by atoms with Crippen LogP contribution in [0.15, 0.2) is 0 Å². The maximum Gasteiger partial charge on any atom is 0.0223 e. The van der Waals surface area contributed by atoms with Gasteiger partial charge in [-0.25, -0.2) is 0 Å². The maximum atomic E-state index is 2.82. The van der Waals surface area contributed by atoms with Crippen molar-refractivity contribution in [1.82, 2.24) is 9.80 Å². The van der Waals surface area contributed by atoms with Crippen molar-refractivity contribution in [2.75, 3.05) is 32.7 Å². The Hall–Kier alpha value is -0.0800. The van der Waals surface area contributed by atoms with Crippen molar-refractivity contribution in [2.45, 2.75) is 83.6 Å². The molecule has 0 bridgehead atoms. The van der Waals surface area contributed by atoms with Gasteiger partial charge in [0.2, 0.25) is 0 Å². The summed E-state index contributed by atoms with van der Waals surface area (Å²) in [5, 5.41) is 0. The molecule has 1 unspecified atom stereocenters. The van der Waals surface area contributed by atoms with Crippen molar-refractivity contribution in [1.29, 1.82) is 0 Å². The van der Waals surface area contributed by atoms with E-state index >= 15 is 0 Å². The Bertz CT molecular complexity index is 230. The predicted molar refractivity (Wildman–Crippen MR) is 88.3 cm³/mol. The number of hydrogen-bond acceptors (Lipinski definition) is 2. The van der Waals surface area contributed by atoms with Crippen LogP contribution >= 0.6 is 0 Å². The third-order valence-corrected chi connectivity index (χ3v) is 5.22. The van der Waals surface area contributed by atoms with Crippen LogP contribution in [0, 0.1) is 0 Å². The molecule has 2 rings (SSSR count). The molecule has 0 spiro atoms. The second-order valence-corrected chi connectivity index (χ2v) is 6.96. The molecule has 2 saturated heterocycles. The van der Waals surface area contributed by atoms with E-state index in [9.17, 15) is 0 Å². The van der Waals surface area contributed by atoms with E-state index in [1.54, 1.807) is 0 Å². The summed E-state index contributed by atoms with van der Waals surface area (Å²) in [6, 6.07) is 0.852. The summed E-state index contributed by atoms with van der Waals surface area (Å²) >= 11 is 0. The Morgan fingerprint density at radius 3 is 2.05 bits per heavy atom. The molecule has 118 valence electrons. The second-order valence-electron chi connectivity index (χ2n) is 6.96. The molecule has 0 saturated carbocycles. The lowest BCUT2D eigenvalue weighted by Crippen LogP contribution is -2.47. The summed E-state index contributed by atoms with van der Waals surface area (Å²) in [5.74, 6) is 0. The van der Waals surface area contributed by atoms with Gasteiger partial charge < -0.3 is 4.90 Å². The van der Waals surface area contributed by atoms with Gasteiger partial charge >= 0.3 is 0 Å². The molecule has 0 N–H and O–H groups in total. The van der Waals surface area contributed by atoms with E-state index in [-0.39, 0.29) is 0 Å². The molecule has 0 aliphatic carbocycles. The molecule has 2 heteroatoms. The Kier molecular flexibility index (Phi) is 7.97. The average Bonchev–Trinajstić information content (AvgIpc) is 2.52. The van der Waals surface area contributed by atoms with Gasteiger partial charge in [0.1, 0.15) is 0 Å². The van der Waals surface area contributed by atoms with Crippen molar-refractivity contribution in [2.24, 2.45) is 0 Å². The van der Waals surface area contributed by atoms with Crippen molar-refractivity contribution in [3.63, 3.8) is 0 Å². The first-order chi connectivity index (χ1) is 9.90. The van der Waals surface area contributed by atoms with E-state index in [2.05, 4.69) is 16.7 Å².